The smallest absolute Gasteiger partial charge is 0.407 e. The molecule has 0 aromatic heterocycles. The van der Waals surface area contributed by atoms with Gasteiger partial charge in [0, 0.05) is 39.2 Å². The molecule has 1 aliphatic rings. The summed E-state index contributed by atoms with van der Waals surface area (Å²) < 4.78 is 43.5. The van der Waals surface area contributed by atoms with E-state index in [0.717, 1.165) is 34.8 Å². The Hall–Kier alpha value is -4.68. The molecule has 0 unspecified atom stereocenters. The lowest BCUT2D eigenvalue weighted by Gasteiger charge is -2.48. The lowest BCUT2D eigenvalue weighted by molar-refractivity contribution is -0.313. The van der Waals surface area contributed by atoms with Crippen LogP contribution in [0.2, 0.25) is 0 Å². The first-order valence-electron chi connectivity index (χ1n) is 16.2. The third-order valence-corrected chi connectivity index (χ3v) is 6.81. The number of alkyl carbamates (subject to hydrolysis) is 1. The van der Waals surface area contributed by atoms with Gasteiger partial charge >= 0.3 is 35.9 Å². The minimum atomic E-state index is -2.34. The van der Waals surface area contributed by atoms with E-state index in [-0.39, 0.29) is 6.61 Å². The highest BCUT2D eigenvalue weighted by Gasteiger charge is 2.59. The zero-order valence-corrected chi connectivity index (χ0v) is 30.2. The van der Waals surface area contributed by atoms with Crippen LogP contribution in [-0.4, -0.2) is 117 Å². The van der Waals surface area contributed by atoms with Crippen LogP contribution in [0.3, 0.4) is 0 Å². The number of ether oxygens (including phenoxy) is 8. The van der Waals surface area contributed by atoms with Crippen molar-refractivity contribution in [2.24, 2.45) is 5.11 Å². The lowest BCUT2D eigenvalue weighted by Crippen LogP contribution is -2.69. The fourth-order valence-electron chi connectivity index (χ4n) is 4.96. The van der Waals surface area contributed by atoms with Crippen LogP contribution >= 0.6 is 0 Å². The number of unbranched alkanes of at least 4 members (excludes halogenated alkanes) is 3. The molecule has 1 fully saturated rings. The SMILES string of the molecule is COC(=O)[C@@]1(OCCCCCCNC(=O)OC(C)(C)C)C[C@H](OC(C)=O)[C@@H](NC(=O)COC(C)=O)[C@H]([C@H](OC(C)=O)[C@@H](CN=[N+]=[N-])OC(C)=O)O1. The van der Waals surface area contributed by atoms with Crippen LogP contribution in [0.15, 0.2) is 5.11 Å². The normalized spacial score (nSPS) is 21.0. The molecule has 1 rings (SSSR count). The number of hydrogen-bond acceptors (Lipinski definition) is 16. The fraction of sp³-hybridized carbons (Fsp3) is 0.774. The van der Waals surface area contributed by atoms with Gasteiger partial charge in [0.2, 0.25) is 0 Å². The van der Waals surface area contributed by atoms with Crippen molar-refractivity contribution in [1.29, 1.82) is 0 Å². The number of esters is 5. The van der Waals surface area contributed by atoms with E-state index in [4.69, 9.17) is 43.4 Å². The van der Waals surface area contributed by atoms with Crippen LogP contribution in [0.25, 0.3) is 10.4 Å². The average molecular weight is 732 g/mol. The Morgan fingerprint density at radius 2 is 1.59 bits per heavy atom. The summed E-state index contributed by atoms with van der Waals surface area (Å²) in [6, 6.07) is -1.47. The van der Waals surface area contributed by atoms with Crippen molar-refractivity contribution < 1.29 is 71.5 Å². The van der Waals surface area contributed by atoms with E-state index < -0.39 is 103 Å². The van der Waals surface area contributed by atoms with Gasteiger partial charge in [0.1, 0.15) is 23.9 Å². The Morgan fingerprint density at radius 3 is 2.14 bits per heavy atom. The van der Waals surface area contributed by atoms with Crippen molar-refractivity contribution in [3.8, 4) is 0 Å². The number of methoxy groups -OCH3 is 1. The van der Waals surface area contributed by atoms with Gasteiger partial charge < -0.3 is 48.5 Å². The first-order valence-corrected chi connectivity index (χ1v) is 16.2. The maximum absolute atomic E-state index is 13.4. The number of rotatable bonds is 19. The van der Waals surface area contributed by atoms with Gasteiger partial charge in [0.15, 0.2) is 12.7 Å². The molecule has 1 heterocycles. The van der Waals surface area contributed by atoms with Crippen LogP contribution in [0.4, 0.5) is 4.79 Å². The van der Waals surface area contributed by atoms with Crippen LogP contribution in [-0.2, 0) is 66.7 Å². The Bertz CT molecular complexity index is 1280. The van der Waals surface area contributed by atoms with Gasteiger partial charge in [0.05, 0.1) is 32.7 Å². The van der Waals surface area contributed by atoms with Crippen molar-refractivity contribution in [1.82, 2.24) is 10.6 Å². The Labute approximate surface area is 295 Å². The molecule has 0 spiro atoms. The molecule has 2 N–H and O–H groups in total. The largest absolute Gasteiger partial charge is 0.465 e. The highest BCUT2D eigenvalue weighted by Crippen LogP contribution is 2.37. The molecule has 288 valence electrons. The predicted molar refractivity (Wildman–Crippen MR) is 172 cm³/mol. The second-order valence-corrected chi connectivity index (χ2v) is 12.4. The number of nitrogens with zero attached hydrogens (tertiary/aromatic N) is 3. The van der Waals surface area contributed by atoms with Crippen LogP contribution < -0.4 is 10.6 Å². The minimum Gasteiger partial charge on any atom is -0.465 e. The average Bonchev–Trinajstić information content (AvgIpc) is 3.01. The van der Waals surface area contributed by atoms with Crippen molar-refractivity contribution in [3.05, 3.63) is 10.4 Å². The second-order valence-electron chi connectivity index (χ2n) is 12.4. The van der Waals surface area contributed by atoms with Gasteiger partial charge in [-0.05, 0) is 39.1 Å². The molecule has 0 aliphatic carbocycles. The zero-order valence-electron chi connectivity index (χ0n) is 30.2. The Balaban J connectivity index is 3.48. The van der Waals surface area contributed by atoms with E-state index in [0.29, 0.717) is 32.2 Å². The Kier molecular flexibility index (Phi) is 18.7. The van der Waals surface area contributed by atoms with E-state index in [2.05, 4.69) is 20.7 Å². The number of hydrogen-bond donors (Lipinski definition) is 2. The monoisotopic (exact) mass is 731 g/mol. The quantitative estimate of drug-likeness (QED) is 0.0480. The molecule has 51 heavy (non-hydrogen) atoms. The second kappa shape index (κ2) is 21.5. The molecule has 0 aromatic carbocycles. The third kappa shape index (κ3) is 16.7. The first kappa shape index (κ1) is 44.3. The van der Waals surface area contributed by atoms with Crippen LogP contribution in [0, 0.1) is 0 Å². The maximum Gasteiger partial charge on any atom is 0.407 e. The summed E-state index contributed by atoms with van der Waals surface area (Å²) in [6.45, 7) is 8.30. The zero-order chi connectivity index (χ0) is 38.8. The van der Waals surface area contributed by atoms with E-state index in [1.54, 1.807) is 20.8 Å². The van der Waals surface area contributed by atoms with Crippen molar-refractivity contribution in [2.45, 2.75) is 122 Å². The Morgan fingerprint density at radius 1 is 0.941 bits per heavy atom. The van der Waals surface area contributed by atoms with E-state index >= 15 is 0 Å². The van der Waals surface area contributed by atoms with Crippen LogP contribution in [0.5, 0.6) is 0 Å². The lowest BCUT2D eigenvalue weighted by atomic mass is 9.87. The van der Waals surface area contributed by atoms with E-state index in [1.165, 1.54) is 0 Å². The molecule has 2 amide bonds. The van der Waals surface area contributed by atoms with Gasteiger partial charge in [-0.15, -0.1) is 0 Å². The number of carbonyl (C=O) groups is 7. The standard InChI is InChI=1S/C31H49N5O15/c1-18(37)45-17-24(41)35-25-22(47-19(2)38)15-31(28(42)44-8,46-14-12-10-9-11-13-33-29(43)51-30(5,6)7)50-27(25)26(49-21(4)40)23(16-34-36-32)48-20(3)39/h22-23,25-27H,9-17H2,1-8H3,(H,33,43)(H,35,41)/t22-,23+,25+,26+,27+,31+/m0/s1. The predicted octanol–water partition coefficient (Wildman–Crippen LogP) is 1.90. The molecule has 0 saturated carbocycles. The van der Waals surface area contributed by atoms with Crippen molar-refractivity contribution >= 4 is 41.8 Å². The summed E-state index contributed by atoms with van der Waals surface area (Å²) in [6.07, 6.45) is -5.32. The van der Waals surface area contributed by atoms with Crippen molar-refractivity contribution in [3.63, 3.8) is 0 Å². The summed E-state index contributed by atoms with van der Waals surface area (Å²) >= 11 is 0. The number of azide groups is 1. The highest BCUT2D eigenvalue weighted by molar-refractivity contribution is 5.81. The molecular weight excluding hydrogens is 682 g/mol. The van der Waals surface area contributed by atoms with Gasteiger partial charge in [-0.25, -0.2) is 9.59 Å². The highest BCUT2D eigenvalue weighted by atomic mass is 16.7. The topological polar surface area (TPSA) is 266 Å². The minimum absolute atomic E-state index is 0.109. The van der Waals surface area contributed by atoms with Crippen LogP contribution in [0.1, 0.15) is 80.6 Å². The summed E-state index contributed by atoms with van der Waals surface area (Å²) in [5.41, 5.74) is 8.36. The first-order chi connectivity index (χ1) is 23.8. The molecular formula is C31H49N5O15. The summed E-state index contributed by atoms with van der Waals surface area (Å²) in [7, 11) is 1.05. The van der Waals surface area contributed by atoms with Gasteiger partial charge in [-0.2, -0.15) is 0 Å². The number of amides is 2. The molecule has 20 heteroatoms. The summed E-state index contributed by atoms with van der Waals surface area (Å²) in [4.78, 5) is 89.1. The molecule has 0 aromatic rings. The molecule has 1 aliphatic heterocycles. The number of carbonyl (C=O) groups excluding carboxylic acids is 7. The van der Waals surface area contributed by atoms with Gasteiger partial charge in [-0.1, -0.05) is 18.0 Å². The fourth-order valence-corrected chi connectivity index (χ4v) is 4.96. The molecule has 20 nitrogen and oxygen atoms in total. The van der Waals surface area contributed by atoms with E-state index in [1.807, 2.05) is 0 Å². The van der Waals surface area contributed by atoms with E-state index in [9.17, 15) is 33.6 Å². The molecule has 1 saturated heterocycles. The summed E-state index contributed by atoms with van der Waals surface area (Å²) in [5.74, 6) is -7.79. The van der Waals surface area contributed by atoms with Gasteiger partial charge in [0.25, 0.3) is 11.7 Å². The molecule has 6 atom stereocenters. The van der Waals surface area contributed by atoms with Crippen molar-refractivity contribution in [2.75, 3.05) is 33.4 Å². The third-order valence-electron chi connectivity index (χ3n) is 6.81. The summed E-state index contributed by atoms with van der Waals surface area (Å²) in [5, 5.41) is 8.60. The molecule has 0 bridgehead atoms. The maximum atomic E-state index is 13.4. The van der Waals surface area contributed by atoms with Gasteiger partial charge in [-0.3, -0.25) is 24.0 Å². The molecule has 0 radical (unpaired) electrons. The number of nitrogens with one attached hydrogen (secondary N) is 2.